The zero-order valence-corrected chi connectivity index (χ0v) is 13.9. The summed E-state index contributed by atoms with van der Waals surface area (Å²) >= 11 is 13.6. The van der Waals surface area contributed by atoms with Crippen molar-refractivity contribution in [2.45, 2.75) is 6.54 Å². The standard InChI is InChI=1S/C10H6Br2ClN3O2S/c11-6-2-9(16(17)18)7(12)1-8(6)14-3-5-4-15-10(13)19-5/h1-2,4,14H,3H2. The van der Waals surface area contributed by atoms with Crippen molar-refractivity contribution >= 4 is 66.2 Å². The molecular formula is C10H6Br2ClN3O2S. The van der Waals surface area contributed by atoms with Crippen molar-refractivity contribution in [3.05, 3.63) is 46.7 Å². The monoisotopic (exact) mass is 425 g/mol. The number of hydrogen-bond acceptors (Lipinski definition) is 5. The van der Waals surface area contributed by atoms with Crippen LogP contribution in [-0.2, 0) is 6.54 Å². The number of anilines is 1. The zero-order chi connectivity index (χ0) is 14.0. The fourth-order valence-electron chi connectivity index (χ4n) is 1.36. The number of nitro groups is 1. The number of nitrogens with zero attached hydrogens (tertiary/aromatic N) is 2. The Morgan fingerprint density at radius 1 is 1.42 bits per heavy atom. The van der Waals surface area contributed by atoms with Crippen molar-refractivity contribution in [1.82, 2.24) is 4.98 Å². The third-order valence-corrected chi connectivity index (χ3v) is 4.62. The van der Waals surface area contributed by atoms with Crippen molar-refractivity contribution in [3.63, 3.8) is 0 Å². The van der Waals surface area contributed by atoms with E-state index in [0.29, 0.717) is 20.0 Å². The highest BCUT2D eigenvalue weighted by atomic mass is 79.9. The molecule has 0 radical (unpaired) electrons. The molecule has 1 N–H and O–H groups in total. The van der Waals surface area contributed by atoms with Gasteiger partial charge in [0.05, 0.1) is 21.6 Å². The van der Waals surface area contributed by atoms with E-state index in [-0.39, 0.29) is 5.69 Å². The SMILES string of the molecule is O=[N+]([O-])c1cc(Br)c(NCc2cnc(Cl)s2)cc1Br. The van der Waals surface area contributed by atoms with Crippen LogP contribution < -0.4 is 5.32 Å². The molecule has 0 saturated heterocycles. The fraction of sp³-hybridized carbons (Fsp3) is 0.100. The van der Waals surface area contributed by atoms with Crippen LogP contribution in [0.3, 0.4) is 0 Å². The van der Waals surface area contributed by atoms with Gasteiger partial charge in [-0.05, 0) is 37.9 Å². The van der Waals surface area contributed by atoms with Gasteiger partial charge in [-0.15, -0.1) is 11.3 Å². The Hall–Kier alpha value is -0.700. The van der Waals surface area contributed by atoms with E-state index < -0.39 is 4.92 Å². The van der Waals surface area contributed by atoms with Crippen LogP contribution in [0.4, 0.5) is 11.4 Å². The second-order valence-electron chi connectivity index (χ2n) is 3.47. The summed E-state index contributed by atoms with van der Waals surface area (Å²) < 4.78 is 1.53. The fourth-order valence-corrected chi connectivity index (χ4v) is 3.24. The maximum atomic E-state index is 10.8. The topological polar surface area (TPSA) is 68.1 Å². The normalized spacial score (nSPS) is 10.5. The number of rotatable bonds is 4. The second-order valence-corrected chi connectivity index (χ2v) is 6.88. The van der Waals surface area contributed by atoms with Gasteiger partial charge in [0.25, 0.3) is 5.69 Å². The average Bonchev–Trinajstić information content (AvgIpc) is 2.75. The van der Waals surface area contributed by atoms with E-state index in [1.807, 2.05) is 0 Å². The maximum absolute atomic E-state index is 10.8. The molecule has 2 rings (SSSR count). The molecule has 1 aromatic carbocycles. The maximum Gasteiger partial charge on any atom is 0.284 e. The minimum atomic E-state index is -0.443. The average molecular weight is 428 g/mol. The van der Waals surface area contributed by atoms with Gasteiger partial charge in [0.2, 0.25) is 0 Å². The van der Waals surface area contributed by atoms with E-state index in [9.17, 15) is 10.1 Å². The Labute approximate surface area is 134 Å². The van der Waals surface area contributed by atoms with Gasteiger partial charge in [-0.2, -0.15) is 0 Å². The van der Waals surface area contributed by atoms with E-state index in [1.165, 1.54) is 17.4 Å². The number of nitrogens with one attached hydrogen (secondary N) is 1. The van der Waals surface area contributed by atoms with Crippen LogP contribution in [0, 0.1) is 10.1 Å². The first-order valence-corrected chi connectivity index (χ1v) is 7.73. The Kier molecular flexibility index (Phi) is 4.77. The highest BCUT2D eigenvalue weighted by Crippen LogP contribution is 2.34. The molecule has 0 saturated carbocycles. The van der Waals surface area contributed by atoms with Gasteiger partial charge in [-0.1, -0.05) is 11.6 Å². The summed E-state index contributed by atoms with van der Waals surface area (Å²) in [6.07, 6.45) is 1.69. The van der Waals surface area contributed by atoms with Crippen LogP contribution in [0.2, 0.25) is 4.47 Å². The van der Waals surface area contributed by atoms with Crippen LogP contribution in [0.15, 0.2) is 27.3 Å². The van der Waals surface area contributed by atoms with Crippen molar-refractivity contribution in [3.8, 4) is 0 Å². The van der Waals surface area contributed by atoms with E-state index in [0.717, 1.165) is 10.6 Å². The van der Waals surface area contributed by atoms with Crippen molar-refractivity contribution in [1.29, 1.82) is 0 Å². The number of halogens is 3. The minimum absolute atomic E-state index is 0.0123. The molecule has 0 bridgehead atoms. The molecule has 0 fully saturated rings. The second kappa shape index (κ2) is 6.17. The molecule has 0 aliphatic rings. The lowest BCUT2D eigenvalue weighted by Crippen LogP contribution is -1.99. The first-order valence-electron chi connectivity index (χ1n) is 4.95. The summed E-state index contributed by atoms with van der Waals surface area (Å²) in [4.78, 5) is 15.3. The molecule has 0 spiro atoms. The van der Waals surface area contributed by atoms with E-state index in [1.54, 1.807) is 12.3 Å². The minimum Gasteiger partial charge on any atom is -0.379 e. The lowest BCUT2D eigenvalue weighted by atomic mass is 10.3. The summed E-state index contributed by atoms with van der Waals surface area (Å²) in [5, 5.41) is 13.9. The molecule has 0 unspecified atom stereocenters. The van der Waals surface area contributed by atoms with Crippen LogP contribution in [0.1, 0.15) is 4.88 Å². The number of benzene rings is 1. The Morgan fingerprint density at radius 3 is 2.74 bits per heavy atom. The Balaban J connectivity index is 2.17. The Morgan fingerprint density at radius 2 is 2.16 bits per heavy atom. The third kappa shape index (κ3) is 3.65. The van der Waals surface area contributed by atoms with Gasteiger partial charge in [0.1, 0.15) is 0 Å². The number of nitro benzene ring substituents is 1. The van der Waals surface area contributed by atoms with E-state index in [4.69, 9.17) is 11.6 Å². The van der Waals surface area contributed by atoms with Crippen LogP contribution >= 0.6 is 54.8 Å². The number of aromatic nitrogens is 1. The van der Waals surface area contributed by atoms with Crippen LogP contribution in [0.5, 0.6) is 0 Å². The van der Waals surface area contributed by atoms with Gasteiger partial charge < -0.3 is 5.32 Å². The van der Waals surface area contributed by atoms with Gasteiger partial charge in [-0.25, -0.2) is 4.98 Å². The molecule has 0 aliphatic carbocycles. The lowest BCUT2D eigenvalue weighted by molar-refractivity contribution is -0.385. The predicted octanol–water partition coefficient (Wildman–Crippen LogP) is 4.84. The molecule has 0 atom stereocenters. The third-order valence-electron chi connectivity index (χ3n) is 2.21. The highest BCUT2D eigenvalue weighted by molar-refractivity contribution is 9.11. The first kappa shape index (κ1) is 14.7. The molecule has 1 heterocycles. The molecule has 0 amide bonds. The van der Waals surface area contributed by atoms with E-state index in [2.05, 4.69) is 42.2 Å². The first-order chi connectivity index (χ1) is 8.97. The molecule has 9 heteroatoms. The van der Waals surface area contributed by atoms with Crippen molar-refractivity contribution < 1.29 is 4.92 Å². The molecule has 2 aromatic rings. The summed E-state index contributed by atoms with van der Waals surface area (Å²) in [6.45, 7) is 0.549. The number of thiazole rings is 1. The highest BCUT2D eigenvalue weighted by Gasteiger charge is 2.15. The van der Waals surface area contributed by atoms with Crippen LogP contribution in [0.25, 0.3) is 0 Å². The summed E-state index contributed by atoms with van der Waals surface area (Å²) in [6, 6.07) is 3.11. The summed E-state index contributed by atoms with van der Waals surface area (Å²) in [5.74, 6) is 0. The molecule has 1 aromatic heterocycles. The van der Waals surface area contributed by atoms with Gasteiger partial charge in [0.15, 0.2) is 4.47 Å². The number of hydrogen-bond donors (Lipinski definition) is 1. The molecule has 100 valence electrons. The molecular weight excluding hydrogens is 421 g/mol. The summed E-state index contributed by atoms with van der Waals surface area (Å²) in [5.41, 5.74) is 0.764. The summed E-state index contributed by atoms with van der Waals surface area (Å²) in [7, 11) is 0. The molecule has 5 nitrogen and oxygen atoms in total. The van der Waals surface area contributed by atoms with Crippen LogP contribution in [-0.4, -0.2) is 9.91 Å². The zero-order valence-electron chi connectivity index (χ0n) is 9.19. The van der Waals surface area contributed by atoms with Crippen molar-refractivity contribution in [2.24, 2.45) is 0 Å². The predicted molar refractivity (Wildman–Crippen MR) is 82.9 cm³/mol. The Bertz CT molecular complexity index is 635. The molecule has 0 aliphatic heterocycles. The van der Waals surface area contributed by atoms with Gasteiger partial charge >= 0.3 is 0 Å². The quantitative estimate of drug-likeness (QED) is 0.560. The van der Waals surface area contributed by atoms with Crippen molar-refractivity contribution in [2.75, 3.05) is 5.32 Å². The van der Waals surface area contributed by atoms with E-state index >= 15 is 0 Å². The smallest absolute Gasteiger partial charge is 0.284 e. The van der Waals surface area contributed by atoms with Gasteiger partial charge in [-0.3, -0.25) is 10.1 Å². The van der Waals surface area contributed by atoms with Gasteiger partial charge in [0, 0.05) is 21.6 Å². The lowest BCUT2D eigenvalue weighted by Gasteiger charge is -2.08. The molecule has 19 heavy (non-hydrogen) atoms. The largest absolute Gasteiger partial charge is 0.379 e.